The van der Waals surface area contributed by atoms with Crippen LogP contribution in [0.15, 0.2) is 0 Å². The van der Waals surface area contributed by atoms with Crippen LogP contribution >= 0.6 is 0 Å². The topological polar surface area (TPSA) is 49.7 Å². The third-order valence-electron chi connectivity index (χ3n) is 2.16. The van der Waals surface area contributed by atoms with Crippen LogP contribution in [0.2, 0.25) is 0 Å². The average molecular weight is 146 g/mol. The van der Waals surface area contributed by atoms with Crippen molar-refractivity contribution in [2.45, 2.75) is 38.8 Å². The number of hydrogen-bond acceptors (Lipinski definition) is 3. The van der Waals surface area contributed by atoms with Crippen molar-refractivity contribution >= 4 is 0 Å². The molecule has 1 saturated heterocycles. The Hall–Kier alpha value is -0.120. The molecule has 3 nitrogen and oxygen atoms in total. The van der Waals surface area contributed by atoms with E-state index in [-0.39, 0.29) is 12.0 Å². The number of rotatable bonds is 0. The summed E-state index contributed by atoms with van der Waals surface area (Å²) >= 11 is 0. The Kier molecular flexibility index (Phi) is 2.28. The zero-order valence-electron chi connectivity index (χ0n) is 6.32. The van der Waals surface area contributed by atoms with Gasteiger partial charge in [0.15, 0.2) is 6.29 Å². The minimum absolute atomic E-state index is 0.0428. The fourth-order valence-corrected chi connectivity index (χ4v) is 1.16. The first-order valence-electron chi connectivity index (χ1n) is 3.63. The van der Waals surface area contributed by atoms with Crippen LogP contribution in [-0.4, -0.2) is 28.7 Å². The minimum Gasteiger partial charge on any atom is -0.393 e. The molecule has 10 heavy (non-hydrogen) atoms. The van der Waals surface area contributed by atoms with Crippen molar-refractivity contribution in [3.8, 4) is 0 Å². The summed E-state index contributed by atoms with van der Waals surface area (Å²) in [5.74, 6) is 0.128. The van der Waals surface area contributed by atoms with Gasteiger partial charge in [0.05, 0.1) is 12.2 Å². The van der Waals surface area contributed by atoms with Gasteiger partial charge in [-0.25, -0.2) is 0 Å². The monoisotopic (exact) mass is 146 g/mol. The number of aliphatic hydroxyl groups is 2. The minimum atomic E-state index is -0.777. The number of ether oxygens (including phenoxy) is 1. The maximum Gasteiger partial charge on any atom is 0.157 e. The SMILES string of the molecule is C[C@H]1[C@H](O)C[C@H](O)O[C@@H]1C. The largest absolute Gasteiger partial charge is 0.393 e. The molecular formula is C7H14O3. The summed E-state index contributed by atoms with van der Waals surface area (Å²) < 4.78 is 5.06. The van der Waals surface area contributed by atoms with Gasteiger partial charge in [0.1, 0.15) is 0 Å². The van der Waals surface area contributed by atoms with Crippen LogP contribution in [0.3, 0.4) is 0 Å². The van der Waals surface area contributed by atoms with Gasteiger partial charge in [-0.2, -0.15) is 0 Å². The Bertz CT molecular complexity index is 103. The molecule has 0 saturated carbocycles. The Balaban J connectivity index is 2.49. The highest BCUT2D eigenvalue weighted by Crippen LogP contribution is 2.23. The maximum atomic E-state index is 9.28. The van der Waals surface area contributed by atoms with E-state index in [9.17, 15) is 5.11 Å². The molecule has 0 aromatic carbocycles. The lowest BCUT2D eigenvalue weighted by molar-refractivity contribution is -0.205. The summed E-state index contributed by atoms with van der Waals surface area (Å²) in [5.41, 5.74) is 0. The summed E-state index contributed by atoms with van der Waals surface area (Å²) in [6.45, 7) is 3.78. The second-order valence-electron chi connectivity index (χ2n) is 2.96. The summed E-state index contributed by atoms with van der Waals surface area (Å²) in [5, 5.41) is 18.3. The first-order valence-corrected chi connectivity index (χ1v) is 3.63. The van der Waals surface area contributed by atoms with Crippen LogP contribution in [0.4, 0.5) is 0 Å². The van der Waals surface area contributed by atoms with E-state index >= 15 is 0 Å². The molecule has 4 atom stereocenters. The Labute approximate surface area is 60.6 Å². The summed E-state index contributed by atoms with van der Waals surface area (Å²) in [7, 11) is 0. The molecule has 1 aliphatic heterocycles. The predicted octanol–water partition coefficient (Wildman–Crippen LogP) is 0.111. The number of hydrogen-bond donors (Lipinski definition) is 2. The summed E-state index contributed by atoms with van der Waals surface area (Å²) in [4.78, 5) is 0. The third kappa shape index (κ3) is 1.48. The van der Waals surface area contributed by atoms with Gasteiger partial charge in [0.2, 0.25) is 0 Å². The van der Waals surface area contributed by atoms with Crippen LogP contribution in [0, 0.1) is 5.92 Å². The lowest BCUT2D eigenvalue weighted by Gasteiger charge is -2.33. The van der Waals surface area contributed by atoms with Crippen LogP contribution in [-0.2, 0) is 4.74 Å². The molecular weight excluding hydrogens is 132 g/mol. The molecule has 0 aromatic rings. The molecule has 0 amide bonds. The van der Waals surface area contributed by atoms with Crippen LogP contribution < -0.4 is 0 Å². The van der Waals surface area contributed by atoms with Crippen molar-refractivity contribution in [3.63, 3.8) is 0 Å². The van der Waals surface area contributed by atoms with Gasteiger partial charge < -0.3 is 14.9 Å². The van der Waals surface area contributed by atoms with Gasteiger partial charge in [-0.05, 0) is 6.92 Å². The molecule has 0 aromatic heterocycles. The molecule has 1 rings (SSSR count). The second-order valence-corrected chi connectivity index (χ2v) is 2.96. The van der Waals surface area contributed by atoms with E-state index in [2.05, 4.69) is 0 Å². The highest BCUT2D eigenvalue weighted by atomic mass is 16.6. The molecule has 1 heterocycles. The van der Waals surface area contributed by atoms with Crippen molar-refractivity contribution in [1.82, 2.24) is 0 Å². The van der Waals surface area contributed by atoms with E-state index in [1.807, 2.05) is 13.8 Å². The van der Waals surface area contributed by atoms with Crippen LogP contribution in [0.25, 0.3) is 0 Å². The van der Waals surface area contributed by atoms with Crippen molar-refractivity contribution in [1.29, 1.82) is 0 Å². The van der Waals surface area contributed by atoms with E-state index in [4.69, 9.17) is 9.84 Å². The molecule has 0 aliphatic carbocycles. The van der Waals surface area contributed by atoms with Crippen LogP contribution in [0.5, 0.6) is 0 Å². The lowest BCUT2D eigenvalue weighted by atomic mass is 9.94. The zero-order valence-corrected chi connectivity index (χ0v) is 6.32. The molecule has 1 fully saturated rings. The molecule has 3 heteroatoms. The van der Waals surface area contributed by atoms with Gasteiger partial charge in [0.25, 0.3) is 0 Å². The third-order valence-corrected chi connectivity index (χ3v) is 2.16. The van der Waals surface area contributed by atoms with Gasteiger partial charge in [-0.3, -0.25) is 0 Å². The van der Waals surface area contributed by atoms with E-state index in [1.165, 1.54) is 0 Å². The first kappa shape index (κ1) is 7.98. The normalized spacial score (nSPS) is 49.2. The highest BCUT2D eigenvalue weighted by molar-refractivity contribution is 4.76. The summed E-state index contributed by atoms with van der Waals surface area (Å²) in [6.07, 6.45) is -0.899. The first-order chi connectivity index (χ1) is 4.61. The van der Waals surface area contributed by atoms with Crippen molar-refractivity contribution < 1.29 is 14.9 Å². The van der Waals surface area contributed by atoms with E-state index in [1.54, 1.807) is 0 Å². The molecule has 0 bridgehead atoms. The standard InChI is InChI=1S/C7H14O3/c1-4-5(2)10-7(9)3-6(4)8/h4-9H,3H2,1-2H3/t4-,5-,6-,7-/m1/s1. The quantitative estimate of drug-likeness (QED) is 0.510. The van der Waals surface area contributed by atoms with Gasteiger partial charge in [-0.15, -0.1) is 0 Å². The van der Waals surface area contributed by atoms with Crippen molar-refractivity contribution in [2.24, 2.45) is 5.92 Å². The molecule has 0 unspecified atom stereocenters. The maximum absolute atomic E-state index is 9.28. The van der Waals surface area contributed by atoms with E-state index in [0.717, 1.165) is 0 Å². The average Bonchev–Trinajstić information content (AvgIpc) is 1.82. The van der Waals surface area contributed by atoms with E-state index < -0.39 is 12.4 Å². The van der Waals surface area contributed by atoms with Gasteiger partial charge in [-0.1, -0.05) is 6.92 Å². The molecule has 0 spiro atoms. The molecule has 2 N–H and O–H groups in total. The lowest BCUT2D eigenvalue weighted by Crippen LogP contribution is -2.41. The van der Waals surface area contributed by atoms with Gasteiger partial charge in [0, 0.05) is 12.3 Å². The van der Waals surface area contributed by atoms with E-state index in [0.29, 0.717) is 6.42 Å². The van der Waals surface area contributed by atoms with Gasteiger partial charge >= 0.3 is 0 Å². The molecule has 0 radical (unpaired) electrons. The highest BCUT2D eigenvalue weighted by Gasteiger charge is 2.30. The molecule has 1 aliphatic rings. The molecule has 60 valence electrons. The predicted molar refractivity (Wildman–Crippen MR) is 36.3 cm³/mol. The summed E-state index contributed by atoms with van der Waals surface area (Å²) in [6, 6.07) is 0. The Morgan fingerprint density at radius 1 is 1.30 bits per heavy atom. The Morgan fingerprint density at radius 3 is 2.40 bits per heavy atom. The van der Waals surface area contributed by atoms with Crippen LogP contribution in [0.1, 0.15) is 20.3 Å². The number of aliphatic hydroxyl groups excluding tert-OH is 2. The van der Waals surface area contributed by atoms with Crippen molar-refractivity contribution in [2.75, 3.05) is 0 Å². The fourth-order valence-electron chi connectivity index (χ4n) is 1.16. The second kappa shape index (κ2) is 2.86. The fraction of sp³-hybridized carbons (Fsp3) is 1.00. The van der Waals surface area contributed by atoms with Crippen molar-refractivity contribution in [3.05, 3.63) is 0 Å². The zero-order chi connectivity index (χ0) is 7.72. The Morgan fingerprint density at radius 2 is 1.90 bits per heavy atom. The smallest absolute Gasteiger partial charge is 0.157 e.